The second-order valence-corrected chi connectivity index (χ2v) is 9.32. The van der Waals surface area contributed by atoms with Gasteiger partial charge in [-0.1, -0.05) is 12.1 Å². The Morgan fingerprint density at radius 1 is 1.00 bits per heavy atom. The summed E-state index contributed by atoms with van der Waals surface area (Å²) in [4.78, 5) is 17.4. The molecular weight excluding hydrogens is 445 g/mol. The summed E-state index contributed by atoms with van der Waals surface area (Å²) in [5.74, 6) is -0.257. The second kappa shape index (κ2) is 8.32. The molecule has 170 valence electrons. The molecule has 0 aliphatic carbocycles. The predicted molar refractivity (Wildman–Crippen MR) is 125 cm³/mol. The van der Waals surface area contributed by atoms with Crippen LogP contribution >= 0.6 is 0 Å². The lowest BCUT2D eigenvalue weighted by atomic mass is 10.1. The van der Waals surface area contributed by atoms with Crippen molar-refractivity contribution in [2.24, 2.45) is 0 Å². The van der Waals surface area contributed by atoms with Crippen molar-refractivity contribution in [1.29, 1.82) is 0 Å². The average molecular weight is 468 g/mol. The molecule has 1 aromatic heterocycles. The van der Waals surface area contributed by atoms with E-state index in [2.05, 4.69) is 9.71 Å². The predicted octanol–water partition coefficient (Wildman–Crippen LogP) is 4.26. The van der Waals surface area contributed by atoms with E-state index in [0.717, 1.165) is 17.2 Å². The van der Waals surface area contributed by atoms with E-state index < -0.39 is 15.8 Å². The quantitative estimate of drug-likeness (QED) is 0.474. The van der Waals surface area contributed by atoms with Crippen LogP contribution in [0.1, 0.15) is 17.0 Å². The van der Waals surface area contributed by atoms with Crippen LogP contribution in [0.2, 0.25) is 0 Å². The zero-order valence-corrected chi connectivity index (χ0v) is 19.3. The fourth-order valence-electron chi connectivity index (χ4n) is 3.61. The number of hydrogen-bond acceptors (Lipinski definition) is 5. The van der Waals surface area contributed by atoms with E-state index in [1.807, 2.05) is 6.92 Å². The first-order valence-corrected chi connectivity index (χ1v) is 11.6. The molecule has 0 aliphatic heterocycles. The summed E-state index contributed by atoms with van der Waals surface area (Å²) in [5.41, 5.74) is 1.79. The number of anilines is 1. The third-order valence-corrected chi connectivity index (χ3v) is 6.85. The zero-order valence-electron chi connectivity index (χ0n) is 18.5. The maximum atomic E-state index is 14.7. The van der Waals surface area contributed by atoms with Gasteiger partial charge in [-0.25, -0.2) is 17.8 Å². The number of hydrogen-bond donors (Lipinski definition) is 1. The number of aromatic nitrogens is 2. The molecule has 7 nitrogen and oxygen atoms in total. The van der Waals surface area contributed by atoms with E-state index in [4.69, 9.17) is 4.74 Å². The van der Waals surface area contributed by atoms with Gasteiger partial charge < -0.3 is 4.74 Å². The fraction of sp³-hybridized carbons (Fsp3) is 0.167. The molecule has 0 bridgehead atoms. The van der Waals surface area contributed by atoms with Crippen LogP contribution in [0.5, 0.6) is 5.75 Å². The Kier molecular flexibility index (Phi) is 5.67. The van der Waals surface area contributed by atoms with Crippen molar-refractivity contribution in [2.45, 2.75) is 25.7 Å². The summed E-state index contributed by atoms with van der Waals surface area (Å²) in [5, 5.41) is 0.398. The fourth-order valence-corrected chi connectivity index (χ4v) is 4.91. The first-order valence-electron chi connectivity index (χ1n) is 10.1. The van der Waals surface area contributed by atoms with Crippen LogP contribution in [0, 0.1) is 26.6 Å². The lowest BCUT2D eigenvalue weighted by Crippen LogP contribution is -2.22. The Hall–Kier alpha value is -3.72. The Bertz CT molecular complexity index is 1560. The number of rotatable bonds is 5. The number of aryl methyl sites for hydroxylation is 3. The number of fused-ring (bicyclic) bond motifs is 1. The van der Waals surface area contributed by atoms with Crippen LogP contribution in [-0.4, -0.2) is 25.1 Å². The molecule has 0 atom stereocenters. The maximum Gasteiger partial charge on any atom is 0.265 e. The molecule has 4 aromatic rings. The van der Waals surface area contributed by atoms with Gasteiger partial charge in [-0.15, -0.1) is 0 Å². The molecular formula is C24H22FN3O4S. The van der Waals surface area contributed by atoms with Crippen LogP contribution in [0.15, 0.2) is 64.3 Å². The van der Waals surface area contributed by atoms with Crippen LogP contribution in [-0.2, 0) is 10.0 Å². The Balaban J connectivity index is 1.83. The maximum absolute atomic E-state index is 14.7. The first-order chi connectivity index (χ1) is 15.6. The molecule has 33 heavy (non-hydrogen) atoms. The van der Waals surface area contributed by atoms with Gasteiger partial charge in [0.2, 0.25) is 0 Å². The van der Waals surface area contributed by atoms with E-state index in [-0.39, 0.29) is 27.6 Å². The van der Waals surface area contributed by atoms with Gasteiger partial charge in [0, 0.05) is 0 Å². The highest BCUT2D eigenvalue weighted by molar-refractivity contribution is 7.92. The standard InChI is InChI=1S/C24H22FN3O4S/c1-14-11-22(32-4)23(12-15(14)2)33(30,31)27-21-13-17(9-10-19(21)25)28-16(3)26-20-8-6-5-7-18(20)24(28)29/h5-13,27H,1-4H3. The summed E-state index contributed by atoms with van der Waals surface area (Å²) >= 11 is 0. The molecule has 4 rings (SSSR count). The van der Waals surface area contributed by atoms with Gasteiger partial charge in [-0.2, -0.15) is 0 Å². The SMILES string of the molecule is COc1cc(C)c(C)cc1S(=O)(=O)Nc1cc(-n2c(C)nc3ccccc3c2=O)ccc1F. The van der Waals surface area contributed by atoms with E-state index in [0.29, 0.717) is 16.7 Å². The van der Waals surface area contributed by atoms with Crippen LogP contribution in [0.3, 0.4) is 0 Å². The first kappa shape index (κ1) is 22.5. The topological polar surface area (TPSA) is 90.3 Å². The zero-order chi connectivity index (χ0) is 23.9. The molecule has 0 unspecified atom stereocenters. The van der Waals surface area contributed by atoms with Crippen molar-refractivity contribution in [2.75, 3.05) is 11.8 Å². The molecule has 3 aromatic carbocycles. The Labute approximate surface area is 190 Å². The van der Waals surface area contributed by atoms with Gasteiger partial charge in [0.25, 0.3) is 15.6 Å². The molecule has 0 saturated heterocycles. The molecule has 0 amide bonds. The lowest BCUT2D eigenvalue weighted by molar-refractivity contribution is 0.402. The minimum atomic E-state index is -4.19. The molecule has 0 radical (unpaired) electrons. The number of benzene rings is 3. The van der Waals surface area contributed by atoms with Crippen molar-refractivity contribution in [3.63, 3.8) is 0 Å². The van der Waals surface area contributed by atoms with Gasteiger partial charge in [0.15, 0.2) is 0 Å². The number of halogens is 1. The molecule has 9 heteroatoms. The highest BCUT2D eigenvalue weighted by Crippen LogP contribution is 2.30. The van der Waals surface area contributed by atoms with Crippen molar-refractivity contribution < 1.29 is 17.5 Å². The largest absolute Gasteiger partial charge is 0.495 e. The van der Waals surface area contributed by atoms with E-state index >= 15 is 0 Å². The Morgan fingerprint density at radius 3 is 2.42 bits per heavy atom. The molecule has 1 heterocycles. The number of ether oxygens (including phenoxy) is 1. The highest BCUT2D eigenvalue weighted by atomic mass is 32.2. The smallest absolute Gasteiger partial charge is 0.265 e. The lowest BCUT2D eigenvalue weighted by Gasteiger charge is -2.16. The highest BCUT2D eigenvalue weighted by Gasteiger charge is 2.23. The van der Waals surface area contributed by atoms with Crippen LogP contribution in [0.4, 0.5) is 10.1 Å². The van der Waals surface area contributed by atoms with Crippen molar-refractivity contribution >= 4 is 26.6 Å². The summed E-state index contributed by atoms with van der Waals surface area (Å²) < 4.78 is 49.7. The van der Waals surface area contributed by atoms with Gasteiger partial charge in [-0.3, -0.25) is 14.1 Å². The minimum Gasteiger partial charge on any atom is -0.495 e. The summed E-state index contributed by atoms with van der Waals surface area (Å²) in [7, 11) is -2.82. The van der Waals surface area contributed by atoms with Crippen molar-refractivity contribution in [3.8, 4) is 11.4 Å². The molecule has 0 aliphatic rings. The van der Waals surface area contributed by atoms with E-state index in [1.54, 1.807) is 44.2 Å². The second-order valence-electron chi connectivity index (χ2n) is 7.67. The minimum absolute atomic E-state index is 0.112. The Morgan fingerprint density at radius 2 is 1.70 bits per heavy atom. The number of nitrogens with zero attached hydrogens (tertiary/aromatic N) is 2. The number of para-hydroxylation sites is 1. The van der Waals surface area contributed by atoms with Crippen molar-refractivity contribution in [3.05, 3.63) is 87.7 Å². The van der Waals surface area contributed by atoms with E-state index in [1.165, 1.54) is 29.9 Å². The monoisotopic (exact) mass is 467 g/mol. The summed E-state index contributed by atoms with van der Waals surface area (Å²) in [6, 6.07) is 13.7. The third kappa shape index (κ3) is 4.07. The van der Waals surface area contributed by atoms with Gasteiger partial charge in [0.1, 0.15) is 22.3 Å². The molecule has 0 spiro atoms. The number of nitrogens with one attached hydrogen (secondary N) is 1. The van der Waals surface area contributed by atoms with E-state index in [9.17, 15) is 17.6 Å². The number of methoxy groups -OCH3 is 1. The van der Waals surface area contributed by atoms with Crippen LogP contribution < -0.4 is 15.0 Å². The third-order valence-electron chi connectivity index (χ3n) is 5.47. The van der Waals surface area contributed by atoms with Gasteiger partial charge in [0.05, 0.1) is 29.4 Å². The normalized spacial score (nSPS) is 11.5. The number of sulfonamides is 1. The van der Waals surface area contributed by atoms with Crippen LogP contribution in [0.25, 0.3) is 16.6 Å². The summed E-state index contributed by atoms with van der Waals surface area (Å²) in [6.45, 7) is 5.26. The molecule has 1 N–H and O–H groups in total. The summed E-state index contributed by atoms with van der Waals surface area (Å²) in [6.07, 6.45) is 0. The average Bonchev–Trinajstić information content (AvgIpc) is 2.77. The molecule has 0 saturated carbocycles. The van der Waals surface area contributed by atoms with Gasteiger partial charge >= 0.3 is 0 Å². The van der Waals surface area contributed by atoms with Crippen molar-refractivity contribution in [1.82, 2.24) is 9.55 Å². The van der Waals surface area contributed by atoms with Gasteiger partial charge in [-0.05, 0) is 74.4 Å². The molecule has 0 fully saturated rings.